The molecular formula is C12H18N2O2S. The van der Waals surface area contributed by atoms with Crippen LogP contribution in [0, 0.1) is 12.8 Å². The van der Waals surface area contributed by atoms with Crippen LogP contribution in [0.4, 0.5) is 5.00 Å². The average Bonchev–Trinajstić information content (AvgIpc) is 2.69. The van der Waals surface area contributed by atoms with Gasteiger partial charge in [-0.2, -0.15) is 4.37 Å². The highest BCUT2D eigenvalue weighted by Crippen LogP contribution is 2.27. The number of carboxylic acid groups (broad SMARTS) is 1. The van der Waals surface area contributed by atoms with E-state index in [0.717, 1.165) is 6.54 Å². The molecule has 1 fully saturated rings. The van der Waals surface area contributed by atoms with Gasteiger partial charge in [0.25, 0.3) is 0 Å². The van der Waals surface area contributed by atoms with Crippen LogP contribution in [0.15, 0.2) is 0 Å². The summed E-state index contributed by atoms with van der Waals surface area (Å²) in [5.41, 5.74) is 0.944. The molecule has 1 aromatic heterocycles. The molecule has 0 radical (unpaired) electrons. The molecule has 0 spiro atoms. The minimum Gasteiger partial charge on any atom is -0.478 e. The van der Waals surface area contributed by atoms with Crippen LogP contribution in [0.25, 0.3) is 0 Å². The van der Waals surface area contributed by atoms with E-state index in [1.807, 2.05) is 0 Å². The van der Waals surface area contributed by atoms with Gasteiger partial charge in [0.2, 0.25) is 0 Å². The Morgan fingerprint density at radius 3 is 2.82 bits per heavy atom. The van der Waals surface area contributed by atoms with E-state index in [1.165, 1.54) is 43.6 Å². The fourth-order valence-electron chi connectivity index (χ4n) is 2.37. The predicted octanol–water partition coefficient (Wildman–Crippen LogP) is 3.14. The van der Waals surface area contributed by atoms with Crippen molar-refractivity contribution in [3.8, 4) is 0 Å². The van der Waals surface area contributed by atoms with Crippen LogP contribution in [0.5, 0.6) is 0 Å². The van der Waals surface area contributed by atoms with Crippen molar-refractivity contribution in [1.82, 2.24) is 4.37 Å². The molecule has 0 atom stereocenters. The Labute approximate surface area is 105 Å². The van der Waals surface area contributed by atoms with Crippen molar-refractivity contribution in [3.05, 3.63) is 11.3 Å². The molecule has 4 nitrogen and oxygen atoms in total. The second-order valence-corrected chi connectivity index (χ2v) is 5.44. The largest absolute Gasteiger partial charge is 0.478 e. The van der Waals surface area contributed by atoms with Crippen molar-refractivity contribution in [3.63, 3.8) is 0 Å². The summed E-state index contributed by atoms with van der Waals surface area (Å²) < 4.78 is 4.10. The van der Waals surface area contributed by atoms with E-state index in [2.05, 4.69) is 9.69 Å². The Morgan fingerprint density at radius 1 is 1.47 bits per heavy atom. The third kappa shape index (κ3) is 2.97. The van der Waals surface area contributed by atoms with Crippen molar-refractivity contribution in [2.45, 2.75) is 39.0 Å². The summed E-state index contributed by atoms with van der Waals surface area (Å²) in [7, 11) is 0. The van der Waals surface area contributed by atoms with Crippen LogP contribution in [-0.2, 0) is 0 Å². The summed E-state index contributed by atoms with van der Waals surface area (Å²) >= 11 is 1.25. The first-order chi connectivity index (χ1) is 8.18. The van der Waals surface area contributed by atoms with E-state index in [4.69, 9.17) is 5.11 Å². The summed E-state index contributed by atoms with van der Waals surface area (Å²) in [4.78, 5) is 11.1. The van der Waals surface area contributed by atoms with Gasteiger partial charge in [-0.1, -0.05) is 19.3 Å². The topological polar surface area (TPSA) is 62.2 Å². The molecule has 94 valence electrons. The van der Waals surface area contributed by atoms with Crippen molar-refractivity contribution in [2.24, 2.45) is 5.92 Å². The number of nitrogens with zero attached hydrogens (tertiary/aromatic N) is 1. The Balaban J connectivity index is 1.96. The first-order valence-electron chi connectivity index (χ1n) is 6.12. The van der Waals surface area contributed by atoms with E-state index in [-0.39, 0.29) is 0 Å². The van der Waals surface area contributed by atoms with Crippen LogP contribution in [0.2, 0.25) is 0 Å². The molecule has 0 aliphatic heterocycles. The molecule has 2 N–H and O–H groups in total. The lowest BCUT2D eigenvalue weighted by atomic mass is 9.89. The van der Waals surface area contributed by atoms with E-state index in [1.54, 1.807) is 6.92 Å². The molecule has 1 heterocycles. The lowest BCUT2D eigenvalue weighted by Crippen LogP contribution is -2.17. The number of aryl methyl sites for hydroxylation is 1. The number of carboxylic acids is 1. The van der Waals surface area contributed by atoms with Gasteiger partial charge >= 0.3 is 5.97 Å². The van der Waals surface area contributed by atoms with Crippen LogP contribution >= 0.6 is 11.5 Å². The van der Waals surface area contributed by atoms with Crippen molar-refractivity contribution in [2.75, 3.05) is 11.9 Å². The summed E-state index contributed by atoms with van der Waals surface area (Å²) in [5.74, 6) is -0.199. The van der Waals surface area contributed by atoms with Gasteiger partial charge in [0.05, 0.1) is 5.69 Å². The summed E-state index contributed by atoms with van der Waals surface area (Å²) in [6.45, 7) is 2.62. The van der Waals surface area contributed by atoms with Gasteiger partial charge in [-0.15, -0.1) is 0 Å². The van der Waals surface area contributed by atoms with Gasteiger partial charge in [0, 0.05) is 6.54 Å². The van der Waals surface area contributed by atoms with Gasteiger partial charge in [-0.25, -0.2) is 4.79 Å². The van der Waals surface area contributed by atoms with Crippen LogP contribution < -0.4 is 5.32 Å². The third-order valence-electron chi connectivity index (χ3n) is 3.35. The van der Waals surface area contributed by atoms with Crippen LogP contribution in [0.3, 0.4) is 0 Å². The molecule has 0 unspecified atom stereocenters. The highest BCUT2D eigenvalue weighted by molar-refractivity contribution is 7.10. The normalized spacial score (nSPS) is 17.0. The molecule has 2 rings (SSSR count). The number of carbonyl (C=O) groups is 1. The van der Waals surface area contributed by atoms with Crippen molar-refractivity contribution >= 4 is 22.5 Å². The quantitative estimate of drug-likeness (QED) is 0.866. The van der Waals surface area contributed by atoms with E-state index < -0.39 is 5.97 Å². The number of aromatic nitrogens is 1. The zero-order chi connectivity index (χ0) is 12.3. The first-order valence-corrected chi connectivity index (χ1v) is 6.89. The van der Waals surface area contributed by atoms with Crippen LogP contribution in [-0.4, -0.2) is 22.0 Å². The smallest absolute Gasteiger partial charge is 0.340 e. The van der Waals surface area contributed by atoms with Crippen LogP contribution in [0.1, 0.15) is 48.2 Å². The van der Waals surface area contributed by atoms with Gasteiger partial charge in [0.15, 0.2) is 0 Å². The summed E-state index contributed by atoms with van der Waals surface area (Å²) in [6, 6.07) is 0. The molecule has 5 heteroatoms. The highest BCUT2D eigenvalue weighted by atomic mass is 32.1. The van der Waals surface area contributed by atoms with Gasteiger partial charge in [0.1, 0.15) is 10.6 Å². The summed E-state index contributed by atoms with van der Waals surface area (Å²) in [5, 5.41) is 13.1. The molecule has 0 amide bonds. The fourth-order valence-corrected chi connectivity index (χ4v) is 3.16. The Hall–Kier alpha value is -1.10. The summed E-state index contributed by atoms with van der Waals surface area (Å²) in [6.07, 6.45) is 6.47. The van der Waals surface area contributed by atoms with Gasteiger partial charge in [-0.3, -0.25) is 0 Å². The number of aromatic carboxylic acids is 1. The Bertz CT molecular complexity index is 397. The van der Waals surface area contributed by atoms with E-state index in [0.29, 0.717) is 22.2 Å². The number of rotatable bonds is 4. The van der Waals surface area contributed by atoms with E-state index >= 15 is 0 Å². The molecule has 0 aromatic carbocycles. The number of anilines is 1. The maximum absolute atomic E-state index is 11.1. The predicted molar refractivity (Wildman–Crippen MR) is 68.9 cm³/mol. The van der Waals surface area contributed by atoms with E-state index in [9.17, 15) is 4.79 Å². The molecule has 0 bridgehead atoms. The number of nitrogens with one attached hydrogen (secondary N) is 1. The zero-order valence-electron chi connectivity index (χ0n) is 10.0. The molecule has 1 aliphatic carbocycles. The van der Waals surface area contributed by atoms with Crippen molar-refractivity contribution < 1.29 is 9.90 Å². The average molecular weight is 254 g/mol. The fraction of sp³-hybridized carbons (Fsp3) is 0.667. The maximum Gasteiger partial charge on any atom is 0.340 e. The maximum atomic E-state index is 11.1. The third-order valence-corrected chi connectivity index (χ3v) is 4.25. The molecule has 17 heavy (non-hydrogen) atoms. The van der Waals surface area contributed by atoms with Crippen molar-refractivity contribution in [1.29, 1.82) is 0 Å². The second-order valence-electron chi connectivity index (χ2n) is 4.66. The first kappa shape index (κ1) is 12.4. The monoisotopic (exact) mass is 254 g/mol. The zero-order valence-corrected chi connectivity index (χ0v) is 10.8. The van der Waals surface area contributed by atoms with Gasteiger partial charge < -0.3 is 10.4 Å². The molecule has 1 aliphatic rings. The van der Waals surface area contributed by atoms with Gasteiger partial charge in [-0.05, 0) is 37.2 Å². The SMILES string of the molecule is Cc1nsc(NCC2CCCCC2)c1C(=O)O. The second kappa shape index (κ2) is 5.49. The number of hydrogen-bond acceptors (Lipinski definition) is 4. The lowest BCUT2D eigenvalue weighted by molar-refractivity contribution is 0.0697. The molecule has 1 aromatic rings. The lowest BCUT2D eigenvalue weighted by Gasteiger charge is -2.21. The standard InChI is InChI=1S/C12H18N2O2S/c1-8-10(12(15)16)11(17-14-8)13-7-9-5-3-2-4-6-9/h9,13H,2-7H2,1H3,(H,15,16). The number of hydrogen-bond donors (Lipinski definition) is 2. The molecular weight excluding hydrogens is 236 g/mol. The molecule has 1 saturated carbocycles. The minimum atomic E-state index is -0.887. The Kier molecular flexibility index (Phi) is 3.99. The highest BCUT2D eigenvalue weighted by Gasteiger charge is 2.19. The molecule has 0 saturated heterocycles. The Morgan fingerprint density at radius 2 is 2.18 bits per heavy atom. The minimum absolute atomic E-state index is 0.339.